The fraction of sp³-hybridized carbons (Fsp3) is 0.182. The van der Waals surface area contributed by atoms with Gasteiger partial charge < -0.3 is 10.7 Å². The third-order valence-corrected chi connectivity index (χ3v) is 2.21. The molecule has 78 valence electrons. The molecule has 1 aliphatic heterocycles. The summed E-state index contributed by atoms with van der Waals surface area (Å²) < 4.78 is 0. The van der Waals surface area contributed by atoms with Crippen LogP contribution in [0.4, 0.5) is 0 Å². The van der Waals surface area contributed by atoms with Crippen LogP contribution in [0.25, 0.3) is 0 Å². The largest absolute Gasteiger partial charge is 0.348 e. The van der Waals surface area contributed by atoms with E-state index in [4.69, 9.17) is 0 Å². The molecule has 1 aromatic carbocycles. The average molecular weight is 203 g/mol. The van der Waals surface area contributed by atoms with E-state index in [1.165, 1.54) is 0 Å². The van der Waals surface area contributed by atoms with Gasteiger partial charge in [0.05, 0.1) is 0 Å². The van der Waals surface area contributed by atoms with Gasteiger partial charge in [-0.05, 0) is 5.56 Å². The Morgan fingerprint density at radius 2 is 2.13 bits per heavy atom. The van der Waals surface area contributed by atoms with Crippen LogP contribution in [0, 0.1) is 0 Å². The summed E-state index contributed by atoms with van der Waals surface area (Å²) in [5, 5.41) is 2.85. The van der Waals surface area contributed by atoms with Gasteiger partial charge in [-0.2, -0.15) is 0 Å². The minimum atomic E-state index is -0.0312. The Balaban J connectivity index is 1.86. The minimum Gasteiger partial charge on any atom is -0.348 e. The monoisotopic (exact) mass is 203 g/mol. The zero-order valence-corrected chi connectivity index (χ0v) is 8.29. The first kappa shape index (κ1) is 9.73. The quantitative estimate of drug-likeness (QED) is 0.662. The molecule has 0 fully saturated rings. The van der Waals surface area contributed by atoms with Gasteiger partial charge >= 0.3 is 0 Å². The second-order valence-electron chi connectivity index (χ2n) is 3.34. The third-order valence-electron chi connectivity index (χ3n) is 2.21. The molecule has 4 heteroatoms. The van der Waals surface area contributed by atoms with Gasteiger partial charge in [0.2, 0.25) is 5.91 Å². The fourth-order valence-electron chi connectivity index (χ4n) is 1.37. The molecule has 0 saturated heterocycles. The molecular weight excluding hydrogens is 190 g/mol. The maximum Gasteiger partial charge on any atom is 0.250 e. The van der Waals surface area contributed by atoms with Crippen molar-refractivity contribution < 1.29 is 4.79 Å². The van der Waals surface area contributed by atoms with Gasteiger partial charge in [0.25, 0.3) is 0 Å². The van der Waals surface area contributed by atoms with Crippen LogP contribution in [0.3, 0.4) is 0 Å². The van der Waals surface area contributed by atoms with Crippen LogP contribution in [0.15, 0.2) is 42.1 Å². The highest BCUT2D eigenvalue weighted by atomic mass is 16.1. The Hall–Kier alpha value is -1.81. The molecule has 0 spiro atoms. The lowest BCUT2D eigenvalue weighted by atomic mass is 10.2. The second-order valence-corrected chi connectivity index (χ2v) is 3.34. The molecule has 15 heavy (non-hydrogen) atoms. The number of carbonyl (C=O) groups excluding carboxylic acids is 1. The highest BCUT2D eigenvalue weighted by Gasteiger charge is 2.11. The van der Waals surface area contributed by atoms with Gasteiger partial charge in [0, 0.05) is 24.9 Å². The average Bonchev–Trinajstić information content (AvgIpc) is 2.81. The van der Waals surface area contributed by atoms with Crippen LogP contribution in [-0.4, -0.2) is 12.5 Å². The van der Waals surface area contributed by atoms with Crippen molar-refractivity contribution in [3.8, 4) is 0 Å². The number of hydrazine groups is 1. The highest BCUT2D eigenvalue weighted by molar-refractivity contribution is 5.94. The summed E-state index contributed by atoms with van der Waals surface area (Å²) in [5.41, 5.74) is 7.46. The van der Waals surface area contributed by atoms with Crippen molar-refractivity contribution in [3.05, 3.63) is 47.7 Å². The lowest BCUT2D eigenvalue weighted by Crippen LogP contribution is -2.27. The van der Waals surface area contributed by atoms with Gasteiger partial charge in [-0.25, -0.2) is 5.43 Å². The smallest absolute Gasteiger partial charge is 0.250 e. The molecule has 1 heterocycles. The molecule has 0 saturated carbocycles. The minimum absolute atomic E-state index is 0.0312. The summed E-state index contributed by atoms with van der Waals surface area (Å²) in [5.74, 6) is -0.0312. The van der Waals surface area contributed by atoms with Crippen LogP contribution < -0.4 is 16.2 Å². The van der Waals surface area contributed by atoms with E-state index in [0.29, 0.717) is 13.1 Å². The lowest BCUT2D eigenvalue weighted by molar-refractivity contribution is -0.117. The molecule has 1 aliphatic rings. The highest BCUT2D eigenvalue weighted by Crippen LogP contribution is 1.99. The van der Waals surface area contributed by atoms with Crippen molar-refractivity contribution in [2.45, 2.75) is 6.54 Å². The first-order chi connectivity index (χ1) is 7.36. The lowest BCUT2D eigenvalue weighted by Gasteiger charge is -2.04. The van der Waals surface area contributed by atoms with E-state index in [9.17, 15) is 4.79 Å². The van der Waals surface area contributed by atoms with Crippen molar-refractivity contribution in [3.63, 3.8) is 0 Å². The van der Waals surface area contributed by atoms with E-state index in [2.05, 4.69) is 16.2 Å². The van der Waals surface area contributed by atoms with Crippen LogP contribution in [0.2, 0.25) is 0 Å². The van der Waals surface area contributed by atoms with Gasteiger partial charge in [-0.1, -0.05) is 30.3 Å². The Bertz CT molecular complexity index is 373. The molecule has 3 N–H and O–H groups in total. The maximum atomic E-state index is 11.6. The van der Waals surface area contributed by atoms with Crippen LogP contribution >= 0.6 is 0 Å². The summed E-state index contributed by atoms with van der Waals surface area (Å²) in [4.78, 5) is 11.6. The molecule has 0 atom stereocenters. The molecule has 0 unspecified atom stereocenters. The van der Waals surface area contributed by atoms with E-state index in [-0.39, 0.29) is 5.91 Å². The molecule has 0 aromatic heterocycles. The molecular formula is C11H13N3O. The van der Waals surface area contributed by atoms with Gasteiger partial charge in [-0.3, -0.25) is 4.79 Å². The normalized spacial score (nSPS) is 14.3. The molecule has 0 bridgehead atoms. The number of rotatable bonds is 3. The number of benzene rings is 1. The van der Waals surface area contributed by atoms with E-state index in [0.717, 1.165) is 11.1 Å². The standard InChI is InChI=1S/C11H13N3O/c15-11(10-7-13-14-8-10)12-6-9-4-2-1-3-5-9/h1-5,7,13-14H,6,8H2,(H,12,15). The van der Waals surface area contributed by atoms with E-state index in [1.54, 1.807) is 6.20 Å². The Kier molecular flexibility index (Phi) is 2.99. The topological polar surface area (TPSA) is 53.2 Å². The summed E-state index contributed by atoms with van der Waals surface area (Å²) in [6.45, 7) is 1.14. The first-order valence-corrected chi connectivity index (χ1v) is 4.86. The first-order valence-electron chi connectivity index (χ1n) is 4.86. The Labute approximate surface area is 88.3 Å². The van der Waals surface area contributed by atoms with E-state index in [1.807, 2.05) is 30.3 Å². The maximum absolute atomic E-state index is 11.6. The third kappa shape index (κ3) is 2.57. The molecule has 0 aliphatic carbocycles. The fourth-order valence-corrected chi connectivity index (χ4v) is 1.37. The van der Waals surface area contributed by atoms with Crippen molar-refractivity contribution in [1.29, 1.82) is 0 Å². The molecule has 1 amide bonds. The summed E-state index contributed by atoms with van der Waals surface area (Å²) in [7, 11) is 0. The van der Waals surface area contributed by atoms with Crippen molar-refractivity contribution in [2.75, 3.05) is 6.54 Å². The van der Waals surface area contributed by atoms with E-state index >= 15 is 0 Å². The van der Waals surface area contributed by atoms with Crippen molar-refractivity contribution in [2.24, 2.45) is 0 Å². The summed E-state index contributed by atoms with van der Waals surface area (Å²) >= 11 is 0. The molecule has 1 aromatic rings. The Morgan fingerprint density at radius 3 is 2.80 bits per heavy atom. The number of hydrogen-bond acceptors (Lipinski definition) is 3. The van der Waals surface area contributed by atoms with Gasteiger partial charge in [-0.15, -0.1) is 0 Å². The zero-order valence-electron chi connectivity index (χ0n) is 8.29. The van der Waals surface area contributed by atoms with Crippen molar-refractivity contribution in [1.82, 2.24) is 16.2 Å². The van der Waals surface area contributed by atoms with Crippen molar-refractivity contribution >= 4 is 5.91 Å². The molecule has 4 nitrogen and oxygen atoms in total. The summed E-state index contributed by atoms with van der Waals surface area (Å²) in [6, 6.07) is 9.84. The van der Waals surface area contributed by atoms with Crippen LogP contribution in [-0.2, 0) is 11.3 Å². The predicted octanol–water partition coefficient (Wildman–Crippen LogP) is 0.294. The van der Waals surface area contributed by atoms with Gasteiger partial charge in [0.15, 0.2) is 0 Å². The SMILES string of the molecule is O=C(NCc1ccccc1)C1=CNNC1. The molecule has 0 radical (unpaired) electrons. The van der Waals surface area contributed by atoms with Gasteiger partial charge in [0.1, 0.15) is 0 Å². The number of carbonyl (C=O) groups is 1. The predicted molar refractivity (Wildman–Crippen MR) is 57.5 cm³/mol. The van der Waals surface area contributed by atoms with Crippen LogP contribution in [0.1, 0.15) is 5.56 Å². The Morgan fingerprint density at radius 1 is 1.33 bits per heavy atom. The molecule has 2 rings (SSSR count). The number of hydrogen-bond donors (Lipinski definition) is 3. The number of nitrogens with one attached hydrogen (secondary N) is 3. The number of amides is 1. The van der Waals surface area contributed by atoms with Crippen LogP contribution in [0.5, 0.6) is 0 Å². The van der Waals surface area contributed by atoms with E-state index < -0.39 is 0 Å². The summed E-state index contributed by atoms with van der Waals surface area (Å²) in [6.07, 6.45) is 1.68. The zero-order chi connectivity index (χ0) is 10.5. The second kappa shape index (κ2) is 4.61.